The lowest BCUT2D eigenvalue weighted by molar-refractivity contribution is 0.288. The molecule has 2 unspecified atom stereocenters. The van der Waals surface area contributed by atoms with Crippen LogP contribution in [0.3, 0.4) is 0 Å². The first kappa shape index (κ1) is 12.3. The van der Waals surface area contributed by atoms with E-state index in [0.29, 0.717) is 18.1 Å². The standard InChI is InChI=1S/C12H23ClO/c1-3-5-7-10(8-6-4-2)12-11(9-13)14-12/h10-12H,3-9H2,1-2H3. The molecule has 0 spiro atoms. The molecule has 84 valence electrons. The molecule has 0 aliphatic carbocycles. The fourth-order valence-corrected chi connectivity index (χ4v) is 2.35. The molecule has 1 aliphatic rings. The first-order chi connectivity index (χ1) is 6.83. The zero-order chi connectivity index (χ0) is 10.4. The minimum Gasteiger partial charge on any atom is -0.368 e. The SMILES string of the molecule is CCCCC(CCCC)C1OC1CCl. The summed E-state index contributed by atoms with van der Waals surface area (Å²) >= 11 is 5.78. The number of epoxide rings is 1. The lowest BCUT2D eigenvalue weighted by atomic mass is 9.92. The molecule has 14 heavy (non-hydrogen) atoms. The molecule has 0 aromatic rings. The molecule has 0 saturated carbocycles. The first-order valence-electron chi connectivity index (χ1n) is 6.04. The monoisotopic (exact) mass is 218 g/mol. The smallest absolute Gasteiger partial charge is 0.0979 e. The Labute approximate surface area is 93.2 Å². The van der Waals surface area contributed by atoms with Gasteiger partial charge in [-0.3, -0.25) is 0 Å². The van der Waals surface area contributed by atoms with Gasteiger partial charge in [0.15, 0.2) is 0 Å². The van der Waals surface area contributed by atoms with Crippen molar-refractivity contribution in [3.05, 3.63) is 0 Å². The summed E-state index contributed by atoms with van der Waals surface area (Å²) in [4.78, 5) is 0. The number of alkyl halides is 1. The van der Waals surface area contributed by atoms with Gasteiger partial charge in [-0.05, 0) is 18.8 Å². The van der Waals surface area contributed by atoms with E-state index in [1.807, 2.05) is 0 Å². The molecule has 1 rings (SSSR count). The minimum absolute atomic E-state index is 0.371. The number of hydrogen-bond donors (Lipinski definition) is 0. The van der Waals surface area contributed by atoms with Gasteiger partial charge >= 0.3 is 0 Å². The second-order valence-corrected chi connectivity index (χ2v) is 4.65. The second kappa shape index (κ2) is 6.68. The van der Waals surface area contributed by atoms with Crippen molar-refractivity contribution in [2.45, 2.75) is 64.6 Å². The molecule has 1 fully saturated rings. The fourth-order valence-electron chi connectivity index (χ4n) is 2.10. The first-order valence-corrected chi connectivity index (χ1v) is 6.58. The van der Waals surface area contributed by atoms with E-state index in [1.165, 1.54) is 38.5 Å². The van der Waals surface area contributed by atoms with E-state index in [9.17, 15) is 0 Å². The van der Waals surface area contributed by atoms with Crippen LogP contribution in [0, 0.1) is 5.92 Å². The van der Waals surface area contributed by atoms with E-state index >= 15 is 0 Å². The third kappa shape index (κ3) is 3.78. The number of rotatable bonds is 8. The van der Waals surface area contributed by atoms with E-state index in [0.717, 1.165) is 5.92 Å². The van der Waals surface area contributed by atoms with Crippen molar-refractivity contribution in [1.29, 1.82) is 0 Å². The molecule has 0 radical (unpaired) electrons. The van der Waals surface area contributed by atoms with Gasteiger partial charge in [0.2, 0.25) is 0 Å². The van der Waals surface area contributed by atoms with E-state index < -0.39 is 0 Å². The quantitative estimate of drug-likeness (QED) is 0.443. The Morgan fingerprint density at radius 1 is 1.14 bits per heavy atom. The zero-order valence-corrected chi connectivity index (χ0v) is 10.2. The third-order valence-corrected chi connectivity index (χ3v) is 3.40. The van der Waals surface area contributed by atoms with Gasteiger partial charge in [0.25, 0.3) is 0 Å². The maximum atomic E-state index is 5.78. The summed E-state index contributed by atoms with van der Waals surface area (Å²) in [5, 5.41) is 0. The highest BCUT2D eigenvalue weighted by atomic mass is 35.5. The summed E-state index contributed by atoms with van der Waals surface area (Å²) in [6.07, 6.45) is 8.78. The van der Waals surface area contributed by atoms with Crippen LogP contribution in [0.2, 0.25) is 0 Å². The molecular weight excluding hydrogens is 196 g/mol. The molecule has 0 aromatic heterocycles. The highest BCUT2D eigenvalue weighted by molar-refractivity contribution is 6.18. The molecule has 0 bridgehead atoms. The van der Waals surface area contributed by atoms with Crippen molar-refractivity contribution in [3.63, 3.8) is 0 Å². The Morgan fingerprint density at radius 3 is 2.07 bits per heavy atom. The van der Waals surface area contributed by atoms with Gasteiger partial charge in [0.1, 0.15) is 0 Å². The lowest BCUT2D eigenvalue weighted by Gasteiger charge is -2.13. The number of ether oxygens (including phenoxy) is 1. The maximum Gasteiger partial charge on any atom is 0.0979 e. The van der Waals surface area contributed by atoms with Gasteiger partial charge in [-0.25, -0.2) is 0 Å². The van der Waals surface area contributed by atoms with E-state index in [-0.39, 0.29) is 0 Å². The summed E-state index contributed by atoms with van der Waals surface area (Å²) < 4.78 is 5.59. The van der Waals surface area contributed by atoms with Crippen LogP contribution in [0.15, 0.2) is 0 Å². The summed E-state index contributed by atoms with van der Waals surface area (Å²) in [5.74, 6) is 1.46. The van der Waals surface area contributed by atoms with Crippen LogP contribution < -0.4 is 0 Å². The van der Waals surface area contributed by atoms with E-state index in [2.05, 4.69) is 13.8 Å². The summed E-state index contributed by atoms with van der Waals surface area (Å²) in [6, 6.07) is 0. The third-order valence-electron chi connectivity index (χ3n) is 3.10. The molecule has 0 N–H and O–H groups in total. The summed E-state index contributed by atoms with van der Waals surface area (Å²) in [6.45, 7) is 4.51. The fraction of sp³-hybridized carbons (Fsp3) is 1.00. The number of hydrogen-bond acceptors (Lipinski definition) is 1. The Bertz CT molecular complexity index is 141. The Hall–Kier alpha value is 0.250. The van der Waals surface area contributed by atoms with Crippen molar-refractivity contribution in [3.8, 4) is 0 Å². The number of halogens is 1. The normalized spacial score (nSPS) is 25.7. The van der Waals surface area contributed by atoms with Gasteiger partial charge < -0.3 is 4.74 Å². The predicted molar refractivity (Wildman–Crippen MR) is 61.9 cm³/mol. The van der Waals surface area contributed by atoms with Gasteiger partial charge in [0.05, 0.1) is 18.1 Å². The summed E-state index contributed by atoms with van der Waals surface area (Å²) in [5.41, 5.74) is 0. The van der Waals surface area contributed by atoms with Crippen molar-refractivity contribution >= 4 is 11.6 Å². The molecule has 2 atom stereocenters. The van der Waals surface area contributed by atoms with Crippen molar-refractivity contribution in [2.24, 2.45) is 5.92 Å². The van der Waals surface area contributed by atoms with Gasteiger partial charge in [-0.1, -0.05) is 39.5 Å². The maximum absolute atomic E-state index is 5.78. The van der Waals surface area contributed by atoms with Crippen LogP contribution in [0.25, 0.3) is 0 Å². The van der Waals surface area contributed by atoms with Gasteiger partial charge in [0, 0.05) is 0 Å². The number of unbranched alkanes of at least 4 members (excludes halogenated alkanes) is 2. The lowest BCUT2D eigenvalue weighted by Crippen LogP contribution is -2.11. The molecule has 1 aliphatic heterocycles. The molecule has 0 aromatic carbocycles. The van der Waals surface area contributed by atoms with Crippen LogP contribution in [-0.4, -0.2) is 18.1 Å². The van der Waals surface area contributed by atoms with Crippen LogP contribution in [0.5, 0.6) is 0 Å². The topological polar surface area (TPSA) is 12.5 Å². The molecule has 1 nitrogen and oxygen atoms in total. The van der Waals surface area contributed by atoms with Gasteiger partial charge in [-0.2, -0.15) is 0 Å². The molecule has 1 heterocycles. The molecule has 2 heteroatoms. The van der Waals surface area contributed by atoms with Crippen LogP contribution in [0.4, 0.5) is 0 Å². The average molecular weight is 219 g/mol. The van der Waals surface area contributed by atoms with Crippen LogP contribution in [0.1, 0.15) is 52.4 Å². The van der Waals surface area contributed by atoms with Crippen LogP contribution in [-0.2, 0) is 4.74 Å². The van der Waals surface area contributed by atoms with Crippen molar-refractivity contribution in [2.75, 3.05) is 5.88 Å². The van der Waals surface area contributed by atoms with E-state index in [4.69, 9.17) is 16.3 Å². The highest BCUT2D eigenvalue weighted by Crippen LogP contribution is 2.36. The molecule has 1 saturated heterocycles. The Balaban J connectivity index is 2.22. The van der Waals surface area contributed by atoms with Crippen molar-refractivity contribution < 1.29 is 4.74 Å². The van der Waals surface area contributed by atoms with E-state index in [1.54, 1.807) is 0 Å². The van der Waals surface area contributed by atoms with Gasteiger partial charge in [-0.15, -0.1) is 11.6 Å². The molecule has 0 amide bonds. The molecular formula is C12H23ClO. The largest absolute Gasteiger partial charge is 0.368 e. The zero-order valence-electron chi connectivity index (χ0n) is 9.47. The van der Waals surface area contributed by atoms with Crippen LogP contribution >= 0.6 is 11.6 Å². The minimum atomic E-state index is 0.371. The predicted octanol–water partition coefficient (Wildman–Crippen LogP) is 3.99. The summed E-state index contributed by atoms with van der Waals surface area (Å²) in [7, 11) is 0. The Kier molecular flexibility index (Phi) is 5.88. The Morgan fingerprint density at radius 2 is 1.71 bits per heavy atom. The second-order valence-electron chi connectivity index (χ2n) is 4.34. The highest BCUT2D eigenvalue weighted by Gasteiger charge is 2.42. The van der Waals surface area contributed by atoms with Crippen molar-refractivity contribution in [1.82, 2.24) is 0 Å². The average Bonchev–Trinajstić information content (AvgIpc) is 2.97.